The van der Waals surface area contributed by atoms with Gasteiger partial charge in [0.05, 0.1) is 0 Å². The molecule has 9 heteroatoms. The van der Waals surface area contributed by atoms with E-state index in [0.29, 0.717) is 10.8 Å². The highest BCUT2D eigenvalue weighted by molar-refractivity contribution is 6.32. The van der Waals surface area contributed by atoms with Crippen LogP contribution in [0.2, 0.25) is 5.02 Å². The molecule has 0 aromatic heterocycles. The molecule has 1 N–H and O–H groups in total. The maximum Gasteiger partial charge on any atom is 0.406 e. The van der Waals surface area contributed by atoms with Crippen LogP contribution in [-0.4, -0.2) is 47.8 Å². The fourth-order valence-electron chi connectivity index (χ4n) is 2.78. The van der Waals surface area contributed by atoms with Crippen molar-refractivity contribution in [2.45, 2.75) is 26.4 Å². The van der Waals surface area contributed by atoms with Crippen LogP contribution in [-0.2, 0) is 9.59 Å². The number of carboxylic acids is 1. The fraction of sp³-hybridized carbons (Fsp3) is 0.500. The largest absolute Gasteiger partial charge is 0.484 e. The molecular formula is C16H17ClF3NO4. The number of aryl methyl sites for hydroxylation is 2. The van der Waals surface area contributed by atoms with E-state index >= 15 is 0 Å². The van der Waals surface area contributed by atoms with E-state index in [1.165, 1.54) is 0 Å². The van der Waals surface area contributed by atoms with Gasteiger partial charge in [0.1, 0.15) is 5.75 Å². The van der Waals surface area contributed by atoms with Crippen molar-refractivity contribution in [1.29, 1.82) is 0 Å². The first-order chi connectivity index (χ1) is 11.5. The number of likely N-dealkylation sites (tertiary alicyclic amines) is 1. The van der Waals surface area contributed by atoms with Crippen molar-refractivity contribution in [3.8, 4) is 5.75 Å². The summed E-state index contributed by atoms with van der Waals surface area (Å²) in [6, 6.07) is 3.23. The van der Waals surface area contributed by atoms with Gasteiger partial charge in [-0.1, -0.05) is 11.6 Å². The average Bonchev–Trinajstić information content (AvgIpc) is 2.96. The van der Waals surface area contributed by atoms with Crippen molar-refractivity contribution >= 4 is 23.5 Å². The standard InChI is InChI=1S/C16H17ClF3NO4/c1-9-5-11(6-10(2)13(9)17)25-7-12(22)21-4-3-15(8-21,14(23)24)16(18,19)20/h5-6H,3-4,7-8H2,1-2H3,(H,23,24). The summed E-state index contributed by atoms with van der Waals surface area (Å²) in [6.45, 7) is 1.84. The number of carboxylic acid groups (broad SMARTS) is 1. The number of carbonyl (C=O) groups is 2. The number of aliphatic carboxylic acids is 1. The van der Waals surface area contributed by atoms with Crippen molar-refractivity contribution in [3.63, 3.8) is 0 Å². The highest BCUT2D eigenvalue weighted by Crippen LogP contribution is 2.45. The summed E-state index contributed by atoms with van der Waals surface area (Å²) in [7, 11) is 0. The lowest BCUT2D eigenvalue weighted by atomic mass is 9.86. The van der Waals surface area contributed by atoms with E-state index in [0.717, 1.165) is 16.0 Å². The molecule has 1 aliphatic heterocycles. The third kappa shape index (κ3) is 3.68. The predicted molar refractivity (Wildman–Crippen MR) is 83.7 cm³/mol. The number of hydrogen-bond donors (Lipinski definition) is 1. The monoisotopic (exact) mass is 379 g/mol. The normalized spacial score (nSPS) is 20.6. The molecule has 1 saturated heterocycles. The van der Waals surface area contributed by atoms with Gasteiger partial charge in [-0.05, 0) is 43.5 Å². The molecule has 1 fully saturated rings. The van der Waals surface area contributed by atoms with Gasteiger partial charge in [-0.25, -0.2) is 0 Å². The van der Waals surface area contributed by atoms with E-state index in [-0.39, 0.29) is 6.54 Å². The Kier molecular flexibility index (Phi) is 5.22. The third-order valence-electron chi connectivity index (χ3n) is 4.35. The van der Waals surface area contributed by atoms with Gasteiger partial charge in [0.2, 0.25) is 0 Å². The van der Waals surface area contributed by atoms with E-state index < -0.39 is 43.0 Å². The molecule has 0 bridgehead atoms. The Hall–Kier alpha value is -1.96. The minimum Gasteiger partial charge on any atom is -0.484 e. The first kappa shape index (κ1) is 19.4. The van der Waals surface area contributed by atoms with Gasteiger partial charge in [0.25, 0.3) is 5.91 Å². The SMILES string of the molecule is Cc1cc(OCC(=O)N2CCC(C(=O)O)(C(F)(F)F)C2)cc(C)c1Cl. The first-order valence-electron chi connectivity index (χ1n) is 7.45. The number of alkyl halides is 3. The molecule has 1 aromatic carbocycles. The van der Waals surface area contributed by atoms with Crippen LogP contribution in [0.1, 0.15) is 17.5 Å². The van der Waals surface area contributed by atoms with Gasteiger partial charge in [-0.2, -0.15) is 13.2 Å². The van der Waals surface area contributed by atoms with Crippen molar-refractivity contribution in [1.82, 2.24) is 4.90 Å². The van der Waals surface area contributed by atoms with Crippen LogP contribution in [0.15, 0.2) is 12.1 Å². The van der Waals surface area contributed by atoms with E-state index in [1.54, 1.807) is 26.0 Å². The van der Waals surface area contributed by atoms with Crippen molar-refractivity contribution < 1.29 is 32.6 Å². The molecule has 5 nitrogen and oxygen atoms in total. The maximum absolute atomic E-state index is 13.1. The Morgan fingerprint density at radius 3 is 2.32 bits per heavy atom. The van der Waals surface area contributed by atoms with Gasteiger partial charge in [0, 0.05) is 18.1 Å². The summed E-state index contributed by atoms with van der Waals surface area (Å²) < 4.78 is 44.7. The summed E-state index contributed by atoms with van der Waals surface area (Å²) in [5, 5.41) is 9.56. The number of ether oxygens (including phenoxy) is 1. The lowest BCUT2D eigenvalue weighted by molar-refractivity contribution is -0.227. The van der Waals surface area contributed by atoms with Crippen LogP contribution in [0.5, 0.6) is 5.75 Å². The van der Waals surface area contributed by atoms with E-state index in [2.05, 4.69) is 0 Å². The minimum absolute atomic E-state index is 0.285. The Morgan fingerprint density at radius 2 is 1.88 bits per heavy atom. The molecule has 1 heterocycles. The minimum atomic E-state index is -4.93. The van der Waals surface area contributed by atoms with Gasteiger partial charge in [-0.3, -0.25) is 9.59 Å². The second kappa shape index (κ2) is 6.74. The lowest BCUT2D eigenvalue weighted by Gasteiger charge is -2.27. The highest BCUT2D eigenvalue weighted by Gasteiger charge is 2.64. The molecule has 1 atom stereocenters. The topological polar surface area (TPSA) is 66.8 Å². The Balaban J connectivity index is 2.04. The Morgan fingerprint density at radius 1 is 1.32 bits per heavy atom. The summed E-state index contributed by atoms with van der Waals surface area (Å²) in [5.41, 5.74) is -1.43. The van der Waals surface area contributed by atoms with Crippen molar-refractivity contribution in [2.75, 3.05) is 19.7 Å². The van der Waals surface area contributed by atoms with Gasteiger partial charge >= 0.3 is 12.1 Å². The Labute approximate surface area is 147 Å². The fourth-order valence-corrected chi connectivity index (χ4v) is 2.88. The smallest absolute Gasteiger partial charge is 0.406 e. The predicted octanol–water partition coefficient (Wildman–Crippen LogP) is 3.20. The molecule has 1 aromatic rings. The number of carbonyl (C=O) groups excluding carboxylic acids is 1. The summed E-state index contributed by atoms with van der Waals surface area (Å²) >= 11 is 6.03. The molecule has 0 saturated carbocycles. The quantitative estimate of drug-likeness (QED) is 0.872. The highest BCUT2D eigenvalue weighted by atomic mass is 35.5. The number of rotatable bonds is 4. The van der Waals surface area contributed by atoms with Crippen LogP contribution in [0, 0.1) is 19.3 Å². The van der Waals surface area contributed by atoms with Gasteiger partial charge in [-0.15, -0.1) is 0 Å². The zero-order valence-electron chi connectivity index (χ0n) is 13.6. The van der Waals surface area contributed by atoms with Crippen LogP contribution in [0.3, 0.4) is 0 Å². The summed E-state index contributed by atoms with van der Waals surface area (Å²) in [6.07, 6.45) is -5.60. The van der Waals surface area contributed by atoms with Crippen LogP contribution in [0.25, 0.3) is 0 Å². The van der Waals surface area contributed by atoms with Crippen molar-refractivity contribution in [3.05, 3.63) is 28.3 Å². The second-order valence-electron chi connectivity index (χ2n) is 6.11. The molecule has 1 unspecified atom stereocenters. The number of nitrogens with zero attached hydrogens (tertiary/aromatic N) is 1. The van der Waals surface area contributed by atoms with Gasteiger partial charge in [0.15, 0.2) is 12.0 Å². The molecule has 25 heavy (non-hydrogen) atoms. The molecule has 0 aliphatic carbocycles. The number of amides is 1. The zero-order valence-corrected chi connectivity index (χ0v) is 14.4. The molecule has 0 spiro atoms. The van der Waals surface area contributed by atoms with Crippen LogP contribution in [0.4, 0.5) is 13.2 Å². The molecule has 2 rings (SSSR count). The average molecular weight is 380 g/mol. The van der Waals surface area contributed by atoms with Gasteiger partial charge < -0.3 is 14.7 Å². The molecule has 138 valence electrons. The summed E-state index contributed by atoms with van der Waals surface area (Å²) in [4.78, 5) is 24.1. The Bertz CT molecular complexity index is 684. The molecule has 0 radical (unpaired) electrons. The van der Waals surface area contributed by atoms with Crippen LogP contribution < -0.4 is 4.74 Å². The third-order valence-corrected chi connectivity index (χ3v) is 4.94. The maximum atomic E-state index is 13.1. The summed E-state index contributed by atoms with van der Waals surface area (Å²) in [5.74, 6) is -2.30. The number of halogens is 4. The molecule has 1 aliphatic rings. The second-order valence-corrected chi connectivity index (χ2v) is 6.49. The number of hydrogen-bond acceptors (Lipinski definition) is 3. The lowest BCUT2D eigenvalue weighted by Crippen LogP contribution is -2.48. The van der Waals surface area contributed by atoms with Crippen LogP contribution >= 0.6 is 11.6 Å². The molecular weight excluding hydrogens is 363 g/mol. The number of benzene rings is 1. The zero-order chi connectivity index (χ0) is 19.0. The first-order valence-corrected chi connectivity index (χ1v) is 7.83. The van der Waals surface area contributed by atoms with E-state index in [1.807, 2.05) is 0 Å². The van der Waals surface area contributed by atoms with E-state index in [9.17, 15) is 22.8 Å². The van der Waals surface area contributed by atoms with E-state index in [4.69, 9.17) is 21.4 Å². The molecule has 1 amide bonds. The van der Waals surface area contributed by atoms with Crippen molar-refractivity contribution in [2.24, 2.45) is 5.41 Å².